The Morgan fingerprint density at radius 2 is 2.22 bits per heavy atom. The van der Waals surface area contributed by atoms with Crippen LogP contribution in [0.4, 0.5) is 0 Å². The first-order chi connectivity index (χ1) is 8.84. The number of hydrogen-bond acceptors (Lipinski definition) is 2. The zero-order valence-electron chi connectivity index (χ0n) is 11.0. The van der Waals surface area contributed by atoms with E-state index < -0.39 is 0 Å². The summed E-state index contributed by atoms with van der Waals surface area (Å²) in [6.45, 7) is 0.678. The van der Waals surface area contributed by atoms with Crippen LogP contribution in [0.5, 0.6) is 0 Å². The van der Waals surface area contributed by atoms with Crippen LogP contribution >= 0.6 is 0 Å². The highest BCUT2D eigenvalue weighted by Gasteiger charge is 2.14. The summed E-state index contributed by atoms with van der Waals surface area (Å²) in [5.74, 6) is 1.91. The van der Waals surface area contributed by atoms with Crippen molar-refractivity contribution in [2.45, 2.75) is 51.4 Å². The minimum Gasteiger partial charge on any atom is -0.356 e. The van der Waals surface area contributed by atoms with E-state index in [1.807, 2.05) is 0 Å². The van der Waals surface area contributed by atoms with Gasteiger partial charge in [-0.25, -0.2) is 4.98 Å². The standard InChI is InChI=1S/C14H23N3O/c18-14(7-6-12-4-2-1-3-5-12)17-9-8-13-15-10-11-16-13/h10-12H,1-9H2,(H,15,16)(H,17,18). The smallest absolute Gasteiger partial charge is 0.220 e. The van der Waals surface area contributed by atoms with Crippen molar-refractivity contribution >= 4 is 5.91 Å². The Hall–Kier alpha value is -1.32. The van der Waals surface area contributed by atoms with E-state index in [1.54, 1.807) is 12.4 Å². The molecule has 0 saturated heterocycles. The van der Waals surface area contributed by atoms with Gasteiger partial charge in [-0.2, -0.15) is 0 Å². The Morgan fingerprint density at radius 3 is 2.94 bits per heavy atom. The van der Waals surface area contributed by atoms with E-state index in [4.69, 9.17) is 0 Å². The molecule has 1 fully saturated rings. The number of nitrogens with zero attached hydrogens (tertiary/aromatic N) is 1. The van der Waals surface area contributed by atoms with Gasteiger partial charge in [-0.05, 0) is 12.3 Å². The molecule has 0 radical (unpaired) electrons. The summed E-state index contributed by atoms with van der Waals surface area (Å²) in [6, 6.07) is 0. The van der Waals surface area contributed by atoms with Crippen LogP contribution in [0.2, 0.25) is 0 Å². The largest absolute Gasteiger partial charge is 0.356 e. The van der Waals surface area contributed by atoms with Crippen molar-refractivity contribution in [2.24, 2.45) is 5.92 Å². The number of aromatic nitrogens is 2. The highest BCUT2D eigenvalue weighted by molar-refractivity contribution is 5.75. The van der Waals surface area contributed by atoms with Crippen molar-refractivity contribution in [3.05, 3.63) is 18.2 Å². The van der Waals surface area contributed by atoms with E-state index in [1.165, 1.54) is 32.1 Å². The van der Waals surface area contributed by atoms with Crippen LogP contribution in [0.3, 0.4) is 0 Å². The van der Waals surface area contributed by atoms with Crippen LogP contribution in [0.1, 0.15) is 50.8 Å². The number of carbonyl (C=O) groups is 1. The van der Waals surface area contributed by atoms with Crippen LogP contribution < -0.4 is 5.32 Å². The summed E-state index contributed by atoms with van der Waals surface area (Å²) in [5.41, 5.74) is 0. The summed E-state index contributed by atoms with van der Waals surface area (Å²) in [5, 5.41) is 2.96. The molecule has 4 nitrogen and oxygen atoms in total. The Labute approximate surface area is 109 Å². The van der Waals surface area contributed by atoms with E-state index in [2.05, 4.69) is 15.3 Å². The number of carbonyl (C=O) groups excluding carboxylic acids is 1. The maximum absolute atomic E-state index is 11.7. The lowest BCUT2D eigenvalue weighted by atomic mass is 9.86. The second-order valence-electron chi connectivity index (χ2n) is 5.18. The van der Waals surface area contributed by atoms with Gasteiger partial charge in [-0.3, -0.25) is 4.79 Å². The van der Waals surface area contributed by atoms with Crippen molar-refractivity contribution in [2.75, 3.05) is 6.54 Å². The van der Waals surface area contributed by atoms with Gasteiger partial charge in [0.2, 0.25) is 5.91 Å². The zero-order chi connectivity index (χ0) is 12.6. The topological polar surface area (TPSA) is 57.8 Å². The molecule has 0 aliphatic heterocycles. The first-order valence-electron chi connectivity index (χ1n) is 7.09. The highest BCUT2D eigenvalue weighted by Crippen LogP contribution is 2.27. The van der Waals surface area contributed by atoms with Gasteiger partial charge in [-0.1, -0.05) is 32.1 Å². The normalized spacial score (nSPS) is 16.7. The number of hydrogen-bond donors (Lipinski definition) is 2. The summed E-state index contributed by atoms with van der Waals surface area (Å²) in [4.78, 5) is 18.8. The Bertz CT molecular complexity index is 342. The zero-order valence-corrected chi connectivity index (χ0v) is 11.0. The number of rotatable bonds is 6. The van der Waals surface area contributed by atoms with E-state index in [9.17, 15) is 4.79 Å². The first kappa shape index (κ1) is 13.1. The van der Waals surface area contributed by atoms with E-state index in [0.717, 1.165) is 24.6 Å². The average Bonchev–Trinajstić information content (AvgIpc) is 2.91. The fraction of sp³-hybridized carbons (Fsp3) is 0.714. The summed E-state index contributed by atoms with van der Waals surface area (Å²) >= 11 is 0. The Kier molecular flexibility index (Phi) is 5.24. The lowest BCUT2D eigenvalue weighted by Gasteiger charge is -2.20. The van der Waals surface area contributed by atoms with Crippen molar-refractivity contribution in [3.63, 3.8) is 0 Å². The molecule has 2 N–H and O–H groups in total. The number of amides is 1. The number of H-pyrrole nitrogens is 1. The molecule has 0 spiro atoms. The van der Waals surface area contributed by atoms with E-state index in [-0.39, 0.29) is 5.91 Å². The van der Waals surface area contributed by atoms with Gasteiger partial charge >= 0.3 is 0 Å². The molecule has 1 aliphatic rings. The third-order valence-electron chi connectivity index (χ3n) is 3.74. The lowest BCUT2D eigenvalue weighted by molar-refractivity contribution is -0.121. The van der Waals surface area contributed by atoms with Crippen LogP contribution in [-0.4, -0.2) is 22.4 Å². The van der Waals surface area contributed by atoms with Gasteiger partial charge in [0.05, 0.1) is 0 Å². The minimum atomic E-state index is 0.187. The van der Waals surface area contributed by atoms with Crippen molar-refractivity contribution in [3.8, 4) is 0 Å². The van der Waals surface area contributed by atoms with Gasteiger partial charge in [0.1, 0.15) is 5.82 Å². The van der Waals surface area contributed by atoms with Gasteiger partial charge in [-0.15, -0.1) is 0 Å². The Balaban J connectivity index is 1.54. The fourth-order valence-corrected chi connectivity index (χ4v) is 2.65. The Morgan fingerprint density at radius 1 is 1.39 bits per heavy atom. The van der Waals surface area contributed by atoms with Crippen LogP contribution in [0.25, 0.3) is 0 Å². The quantitative estimate of drug-likeness (QED) is 0.813. The molecule has 1 heterocycles. The highest BCUT2D eigenvalue weighted by atomic mass is 16.1. The molecule has 2 rings (SSSR count). The molecule has 1 aromatic rings. The van der Waals surface area contributed by atoms with Crippen molar-refractivity contribution < 1.29 is 4.79 Å². The average molecular weight is 249 g/mol. The minimum absolute atomic E-state index is 0.187. The van der Waals surface area contributed by atoms with E-state index in [0.29, 0.717) is 13.0 Å². The van der Waals surface area contributed by atoms with Crippen molar-refractivity contribution in [1.29, 1.82) is 0 Å². The molecule has 4 heteroatoms. The monoisotopic (exact) mass is 249 g/mol. The summed E-state index contributed by atoms with van der Waals surface area (Å²) in [7, 11) is 0. The molecule has 1 aliphatic carbocycles. The third kappa shape index (κ3) is 4.51. The van der Waals surface area contributed by atoms with E-state index >= 15 is 0 Å². The predicted molar refractivity (Wildman–Crippen MR) is 71.1 cm³/mol. The maximum atomic E-state index is 11.7. The van der Waals surface area contributed by atoms with Gasteiger partial charge < -0.3 is 10.3 Å². The van der Waals surface area contributed by atoms with Gasteiger partial charge in [0, 0.05) is 31.8 Å². The predicted octanol–water partition coefficient (Wildman–Crippen LogP) is 2.43. The molecule has 1 amide bonds. The SMILES string of the molecule is O=C(CCC1CCCCC1)NCCc1ncc[nH]1. The molecule has 0 bridgehead atoms. The fourth-order valence-electron chi connectivity index (χ4n) is 2.65. The molecule has 1 saturated carbocycles. The van der Waals surface area contributed by atoms with Crippen molar-refractivity contribution in [1.82, 2.24) is 15.3 Å². The molecular formula is C14H23N3O. The lowest BCUT2D eigenvalue weighted by Crippen LogP contribution is -2.26. The van der Waals surface area contributed by atoms with Crippen LogP contribution in [-0.2, 0) is 11.2 Å². The molecule has 100 valence electrons. The summed E-state index contributed by atoms with van der Waals surface area (Å²) < 4.78 is 0. The van der Waals surface area contributed by atoms with Crippen LogP contribution in [0.15, 0.2) is 12.4 Å². The summed E-state index contributed by atoms with van der Waals surface area (Å²) in [6.07, 6.45) is 12.8. The maximum Gasteiger partial charge on any atom is 0.220 e. The molecule has 0 atom stereocenters. The number of imidazole rings is 1. The third-order valence-corrected chi connectivity index (χ3v) is 3.74. The van der Waals surface area contributed by atoms with Gasteiger partial charge in [0.25, 0.3) is 0 Å². The number of nitrogens with one attached hydrogen (secondary N) is 2. The molecule has 0 aromatic carbocycles. The molecule has 18 heavy (non-hydrogen) atoms. The second-order valence-corrected chi connectivity index (χ2v) is 5.18. The molecular weight excluding hydrogens is 226 g/mol. The van der Waals surface area contributed by atoms with Crippen LogP contribution in [0, 0.1) is 5.92 Å². The number of aromatic amines is 1. The molecule has 1 aromatic heterocycles. The first-order valence-corrected chi connectivity index (χ1v) is 7.09. The second kappa shape index (κ2) is 7.19. The molecule has 0 unspecified atom stereocenters. The van der Waals surface area contributed by atoms with Gasteiger partial charge in [0.15, 0.2) is 0 Å².